The van der Waals surface area contributed by atoms with Crippen LogP contribution < -0.4 is 10.0 Å². The Labute approximate surface area is 145 Å². The lowest BCUT2D eigenvalue weighted by atomic mass is 10.2. The largest absolute Gasteiger partial charge is 0.352 e. The van der Waals surface area contributed by atoms with E-state index in [9.17, 15) is 22.0 Å². The summed E-state index contributed by atoms with van der Waals surface area (Å²) in [5, 5.41) is 2.69. The highest BCUT2D eigenvalue weighted by atomic mass is 32.2. The molecule has 0 aliphatic rings. The molecule has 0 spiro atoms. The first-order valence-corrected chi connectivity index (χ1v) is 9.03. The van der Waals surface area contributed by atoms with E-state index in [1.54, 1.807) is 0 Å². The number of hydrogen-bond acceptors (Lipinski definition) is 3. The summed E-state index contributed by atoms with van der Waals surface area (Å²) in [6, 6.07) is 7.88. The molecule has 2 aromatic rings. The van der Waals surface area contributed by atoms with Crippen molar-refractivity contribution < 1.29 is 22.0 Å². The van der Waals surface area contributed by atoms with Crippen molar-refractivity contribution in [2.45, 2.75) is 18.7 Å². The van der Waals surface area contributed by atoms with E-state index in [0.717, 1.165) is 12.1 Å². The molecule has 0 aromatic heterocycles. The molecule has 0 aliphatic carbocycles. The van der Waals surface area contributed by atoms with E-state index in [1.807, 2.05) is 18.6 Å². The Morgan fingerprint density at radius 1 is 1.12 bits per heavy atom. The average Bonchev–Trinajstić information content (AvgIpc) is 2.55. The van der Waals surface area contributed by atoms with E-state index in [-0.39, 0.29) is 22.1 Å². The molecule has 8 heteroatoms. The minimum absolute atomic E-state index is 0.170. The van der Waals surface area contributed by atoms with Crippen LogP contribution >= 0.6 is 0 Å². The molecular weight excluding hydrogens is 350 g/mol. The summed E-state index contributed by atoms with van der Waals surface area (Å²) in [7, 11) is -4.13. The SMILES string of the molecule is CC(C)CNC(=O)c1cccc(S(=O)(=O)Nc2ccc(F)cc2F)c1. The third kappa shape index (κ3) is 4.99. The van der Waals surface area contributed by atoms with Crippen molar-refractivity contribution in [3.05, 3.63) is 59.7 Å². The topological polar surface area (TPSA) is 75.3 Å². The monoisotopic (exact) mass is 368 g/mol. The van der Waals surface area contributed by atoms with Crippen molar-refractivity contribution in [3.8, 4) is 0 Å². The zero-order valence-corrected chi connectivity index (χ0v) is 14.5. The van der Waals surface area contributed by atoms with E-state index in [1.165, 1.54) is 24.3 Å². The van der Waals surface area contributed by atoms with E-state index in [4.69, 9.17) is 0 Å². The summed E-state index contributed by atoms with van der Waals surface area (Å²) in [5.74, 6) is -2.00. The molecule has 2 rings (SSSR count). The molecule has 0 unspecified atom stereocenters. The summed E-state index contributed by atoms with van der Waals surface area (Å²) in [5.41, 5.74) is -0.209. The Hall–Kier alpha value is -2.48. The molecule has 0 atom stereocenters. The van der Waals surface area contributed by atoms with Crippen LogP contribution in [-0.4, -0.2) is 20.9 Å². The molecule has 0 saturated carbocycles. The lowest BCUT2D eigenvalue weighted by Gasteiger charge is -2.11. The predicted octanol–water partition coefficient (Wildman–Crippen LogP) is 3.15. The quantitative estimate of drug-likeness (QED) is 0.822. The molecule has 0 radical (unpaired) electrons. The number of rotatable bonds is 6. The maximum Gasteiger partial charge on any atom is 0.262 e. The fourth-order valence-corrected chi connectivity index (χ4v) is 3.09. The summed E-state index contributed by atoms with van der Waals surface area (Å²) >= 11 is 0. The number of amides is 1. The van der Waals surface area contributed by atoms with Gasteiger partial charge in [-0.1, -0.05) is 19.9 Å². The number of anilines is 1. The van der Waals surface area contributed by atoms with E-state index < -0.39 is 27.6 Å². The Kier molecular flexibility index (Phi) is 5.73. The molecule has 134 valence electrons. The second-order valence-electron chi connectivity index (χ2n) is 5.86. The molecule has 0 bridgehead atoms. The van der Waals surface area contributed by atoms with Gasteiger partial charge in [0.1, 0.15) is 11.6 Å². The molecule has 0 fully saturated rings. The average molecular weight is 368 g/mol. The first-order chi connectivity index (χ1) is 11.7. The van der Waals surface area contributed by atoms with Crippen LogP contribution in [0.15, 0.2) is 47.4 Å². The molecule has 5 nitrogen and oxygen atoms in total. The minimum Gasteiger partial charge on any atom is -0.352 e. The van der Waals surface area contributed by atoms with Crippen molar-refractivity contribution in [3.63, 3.8) is 0 Å². The maximum atomic E-state index is 13.6. The lowest BCUT2D eigenvalue weighted by molar-refractivity contribution is 0.0949. The third-order valence-corrected chi connectivity index (χ3v) is 4.62. The molecule has 2 N–H and O–H groups in total. The molecular formula is C17H18F2N2O3S. The van der Waals surface area contributed by atoms with Crippen LogP contribution in [0.2, 0.25) is 0 Å². The van der Waals surface area contributed by atoms with Crippen molar-refractivity contribution in [1.82, 2.24) is 5.32 Å². The van der Waals surface area contributed by atoms with Crippen LogP contribution in [-0.2, 0) is 10.0 Å². The number of carbonyl (C=O) groups is 1. The van der Waals surface area contributed by atoms with Gasteiger partial charge in [0.2, 0.25) is 0 Å². The zero-order valence-electron chi connectivity index (χ0n) is 13.7. The van der Waals surface area contributed by atoms with Crippen molar-refractivity contribution in [2.24, 2.45) is 5.92 Å². The predicted molar refractivity (Wildman–Crippen MR) is 90.8 cm³/mol. The third-order valence-electron chi connectivity index (χ3n) is 3.25. The van der Waals surface area contributed by atoms with Crippen molar-refractivity contribution >= 4 is 21.6 Å². The highest BCUT2D eigenvalue weighted by Gasteiger charge is 2.18. The standard InChI is InChI=1S/C17H18F2N2O3S/c1-11(2)10-20-17(22)12-4-3-5-14(8-12)25(23,24)21-16-7-6-13(18)9-15(16)19/h3-9,11,21H,10H2,1-2H3,(H,20,22). The second-order valence-corrected chi connectivity index (χ2v) is 7.54. The first kappa shape index (κ1) is 18.9. The lowest BCUT2D eigenvalue weighted by Crippen LogP contribution is -2.27. The van der Waals surface area contributed by atoms with Gasteiger partial charge in [0.05, 0.1) is 10.6 Å². The molecule has 0 saturated heterocycles. The fourth-order valence-electron chi connectivity index (χ4n) is 1.98. The van der Waals surface area contributed by atoms with Gasteiger partial charge in [0, 0.05) is 18.2 Å². The fraction of sp³-hybridized carbons (Fsp3) is 0.235. The van der Waals surface area contributed by atoms with Gasteiger partial charge in [-0.3, -0.25) is 9.52 Å². The maximum absolute atomic E-state index is 13.6. The van der Waals surface area contributed by atoms with Gasteiger partial charge in [-0.2, -0.15) is 0 Å². The van der Waals surface area contributed by atoms with Crippen LogP contribution in [0, 0.1) is 17.6 Å². The summed E-state index contributed by atoms with van der Waals surface area (Å²) in [6.07, 6.45) is 0. The van der Waals surface area contributed by atoms with Crippen LogP contribution in [0.4, 0.5) is 14.5 Å². The normalized spacial score (nSPS) is 11.4. The second kappa shape index (κ2) is 7.60. The van der Waals surface area contributed by atoms with Crippen LogP contribution in [0.1, 0.15) is 24.2 Å². The van der Waals surface area contributed by atoms with E-state index >= 15 is 0 Å². The Morgan fingerprint density at radius 3 is 2.48 bits per heavy atom. The van der Waals surface area contributed by atoms with Gasteiger partial charge >= 0.3 is 0 Å². The Bertz CT molecular complexity index is 883. The van der Waals surface area contributed by atoms with E-state index in [0.29, 0.717) is 12.6 Å². The zero-order chi connectivity index (χ0) is 18.6. The number of sulfonamides is 1. The number of nitrogens with one attached hydrogen (secondary N) is 2. The highest BCUT2D eigenvalue weighted by molar-refractivity contribution is 7.92. The van der Waals surface area contributed by atoms with Gasteiger partial charge in [-0.05, 0) is 36.2 Å². The molecule has 0 aliphatic heterocycles. The highest BCUT2D eigenvalue weighted by Crippen LogP contribution is 2.20. The summed E-state index contributed by atoms with van der Waals surface area (Å²) in [6.45, 7) is 4.32. The number of hydrogen-bond donors (Lipinski definition) is 2. The van der Waals surface area contributed by atoms with Gasteiger partial charge in [0.25, 0.3) is 15.9 Å². The molecule has 25 heavy (non-hydrogen) atoms. The number of carbonyl (C=O) groups excluding carboxylic acids is 1. The van der Waals surface area contributed by atoms with Crippen molar-refractivity contribution in [1.29, 1.82) is 0 Å². The minimum atomic E-state index is -4.13. The Morgan fingerprint density at radius 2 is 1.84 bits per heavy atom. The molecule has 1 amide bonds. The summed E-state index contributed by atoms with van der Waals surface area (Å²) in [4.78, 5) is 11.8. The summed E-state index contributed by atoms with van der Waals surface area (Å²) < 4.78 is 53.4. The number of halogens is 2. The van der Waals surface area contributed by atoms with Gasteiger partial charge < -0.3 is 5.32 Å². The number of benzene rings is 2. The Balaban J connectivity index is 2.24. The van der Waals surface area contributed by atoms with Gasteiger partial charge in [-0.15, -0.1) is 0 Å². The van der Waals surface area contributed by atoms with E-state index in [2.05, 4.69) is 5.32 Å². The van der Waals surface area contributed by atoms with Crippen molar-refractivity contribution in [2.75, 3.05) is 11.3 Å². The molecule has 0 heterocycles. The van der Waals surface area contributed by atoms with Crippen LogP contribution in [0.25, 0.3) is 0 Å². The van der Waals surface area contributed by atoms with Crippen LogP contribution in [0.3, 0.4) is 0 Å². The van der Waals surface area contributed by atoms with Crippen LogP contribution in [0.5, 0.6) is 0 Å². The molecule has 2 aromatic carbocycles. The smallest absolute Gasteiger partial charge is 0.262 e. The van der Waals surface area contributed by atoms with Gasteiger partial charge in [0.15, 0.2) is 0 Å². The first-order valence-electron chi connectivity index (χ1n) is 7.55. The van der Waals surface area contributed by atoms with Gasteiger partial charge in [-0.25, -0.2) is 17.2 Å².